The average molecular weight is 355 g/mol. The highest BCUT2D eigenvalue weighted by molar-refractivity contribution is 9.09. The monoisotopic (exact) mass is 353 g/mol. The third kappa shape index (κ3) is 3.81. The van der Waals surface area contributed by atoms with Gasteiger partial charge in [0.25, 0.3) is 5.69 Å². The molecular weight excluding hydrogens is 342 g/mol. The van der Waals surface area contributed by atoms with Gasteiger partial charge in [0.05, 0.1) is 4.92 Å². The van der Waals surface area contributed by atoms with Gasteiger partial charge in [0.2, 0.25) is 0 Å². The molecule has 104 valence electrons. The van der Waals surface area contributed by atoms with E-state index in [2.05, 4.69) is 15.9 Å². The minimum atomic E-state index is -0.335. The van der Waals surface area contributed by atoms with Crippen LogP contribution in [-0.2, 0) is 6.42 Å². The lowest BCUT2D eigenvalue weighted by atomic mass is 10.0. The molecule has 0 aliphatic carbocycles. The molecule has 0 N–H and O–H groups in total. The summed E-state index contributed by atoms with van der Waals surface area (Å²) in [4.78, 5) is 10.7. The number of alkyl halides is 1. The van der Waals surface area contributed by atoms with Crippen molar-refractivity contribution in [3.05, 3.63) is 74.8 Å². The summed E-state index contributed by atoms with van der Waals surface area (Å²) < 4.78 is 0. The molecule has 1 atom stereocenters. The van der Waals surface area contributed by atoms with E-state index in [1.807, 2.05) is 30.3 Å². The summed E-state index contributed by atoms with van der Waals surface area (Å²) in [6.07, 6.45) is 1.41. The van der Waals surface area contributed by atoms with Gasteiger partial charge < -0.3 is 0 Å². The molecule has 0 bridgehead atoms. The van der Waals surface area contributed by atoms with E-state index in [1.165, 1.54) is 6.07 Å². The van der Waals surface area contributed by atoms with E-state index in [9.17, 15) is 10.1 Å². The van der Waals surface area contributed by atoms with Crippen LogP contribution in [0.5, 0.6) is 0 Å². The number of hydrogen-bond donors (Lipinski definition) is 0. The van der Waals surface area contributed by atoms with Gasteiger partial charge in [-0.05, 0) is 30.5 Å². The zero-order valence-corrected chi connectivity index (χ0v) is 13.0. The molecular formula is C15H13BrClNO2. The maximum absolute atomic E-state index is 11.0. The van der Waals surface area contributed by atoms with Gasteiger partial charge in [0.1, 0.15) is 0 Å². The fourth-order valence-electron chi connectivity index (χ4n) is 2.05. The van der Waals surface area contributed by atoms with Crippen molar-refractivity contribution in [1.29, 1.82) is 0 Å². The Bertz CT molecular complexity index is 618. The van der Waals surface area contributed by atoms with Gasteiger partial charge in [-0.25, -0.2) is 0 Å². The maximum Gasteiger partial charge on any atom is 0.272 e. The van der Waals surface area contributed by atoms with E-state index in [0.29, 0.717) is 11.4 Å². The van der Waals surface area contributed by atoms with Crippen molar-refractivity contribution in [2.45, 2.75) is 17.7 Å². The average Bonchev–Trinajstić information content (AvgIpc) is 2.45. The van der Waals surface area contributed by atoms with Gasteiger partial charge >= 0.3 is 0 Å². The smallest absolute Gasteiger partial charge is 0.258 e. The first-order valence-electron chi connectivity index (χ1n) is 6.20. The molecule has 0 saturated carbocycles. The summed E-state index contributed by atoms with van der Waals surface area (Å²) in [5.41, 5.74) is 2.01. The predicted molar refractivity (Wildman–Crippen MR) is 84.5 cm³/mol. The Balaban J connectivity index is 2.07. The van der Waals surface area contributed by atoms with Crippen molar-refractivity contribution in [3.8, 4) is 0 Å². The number of para-hydroxylation sites is 1. The summed E-state index contributed by atoms with van der Waals surface area (Å²) in [5, 5.41) is 11.6. The number of hydrogen-bond acceptors (Lipinski definition) is 2. The lowest BCUT2D eigenvalue weighted by Crippen LogP contribution is -1.98. The minimum Gasteiger partial charge on any atom is -0.258 e. The standard InChI is InChI=1S/C15H13BrClNO2/c16-14(12-5-3-6-13(17)10-12)9-8-11-4-1-2-7-15(11)18(19)20/h1-7,10,14H,8-9H2. The normalized spacial score (nSPS) is 12.1. The molecule has 0 aliphatic heterocycles. The van der Waals surface area contributed by atoms with Crippen LogP contribution in [0, 0.1) is 10.1 Å². The van der Waals surface area contributed by atoms with Crippen molar-refractivity contribution in [3.63, 3.8) is 0 Å². The van der Waals surface area contributed by atoms with Crippen molar-refractivity contribution in [2.24, 2.45) is 0 Å². The van der Waals surface area contributed by atoms with Crippen LogP contribution >= 0.6 is 27.5 Å². The zero-order chi connectivity index (χ0) is 14.5. The summed E-state index contributed by atoms with van der Waals surface area (Å²) in [7, 11) is 0. The van der Waals surface area contributed by atoms with Crippen LogP contribution in [0.1, 0.15) is 22.4 Å². The van der Waals surface area contributed by atoms with Crippen molar-refractivity contribution < 1.29 is 4.92 Å². The Morgan fingerprint density at radius 1 is 1.20 bits per heavy atom. The third-order valence-corrected chi connectivity index (χ3v) is 4.29. The van der Waals surface area contributed by atoms with Crippen molar-refractivity contribution >= 4 is 33.2 Å². The van der Waals surface area contributed by atoms with Crippen LogP contribution in [0.2, 0.25) is 5.02 Å². The molecule has 20 heavy (non-hydrogen) atoms. The van der Waals surface area contributed by atoms with E-state index in [-0.39, 0.29) is 15.4 Å². The predicted octanol–water partition coefficient (Wildman–Crippen LogP) is 5.32. The molecule has 2 aromatic rings. The van der Waals surface area contributed by atoms with E-state index >= 15 is 0 Å². The van der Waals surface area contributed by atoms with Crippen LogP contribution < -0.4 is 0 Å². The second-order valence-electron chi connectivity index (χ2n) is 4.45. The number of rotatable bonds is 5. The Morgan fingerprint density at radius 2 is 1.95 bits per heavy atom. The molecule has 0 aromatic heterocycles. The van der Waals surface area contributed by atoms with Crippen LogP contribution in [0.25, 0.3) is 0 Å². The van der Waals surface area contributed by atoms with Gasteiger partial charge in [-0.2, -0.15) is 0 Å². The Morgan fingerprint density at radius 3 is 2.65 bits per heavy atom. The quantitative estimate of drug-likeness (QED) is 0.414. The fourth-order valence-corrected chi connectivity index (χ4v) is 2.76. The van der Waals surface area contributed by atoms with Crippen LogP contribution in [0.15, 0.2) is 48.5 Å². The SMILES string of the molecule is O=[N+]([O-])c1ccccc1CCC(Br)c1cccc(Cl)c1. The van der Waals surface area contributed by atoms with Crippen molar-refractivity contribution in [2.75, 3.05) is 0 Å². The lowest BCUT2D eigenvalue weighted by Gasteiger charge is -2.10. The molecule has 5 heteroatoms. The molecule has 0 amide bonds. The minimum absolute atomic E-state index is 0.126. The Hall–Kier alpha value is -1.39. The van der Waals surface area contributed by atoms with Gasteiger partial charge in [0.15, 0.2) is 0 Å². The van der Waals surface area contributed by atoms with Crippen LogP contribution in [-0.4, -0.2) is 4.92 Å². The van der Waals surface area contributed by atoms with E-state index in [0.717, 1.165) is 17.5 Å². The molecule has 0 spiro atoms. The molecule has 0 radical (unpaired) electrons. The van der Waals surface area contributed by atoms with Gasteiger partial charge in [-0.1, -0.05) is 57.9 Å². The topological polar surface area (TPSA) is 43.1 Å². The number of nitrogens with zero attached hydrogens (tertiary/aromatic N) is 1. The maximum atomic E-state index is 11.0. The first-order chi connectivity index (χ1) is 9.58. The summed E-state index contributed by atoms with van der Waals surface area (Å²) in [5.74, 6) is 0. The molecule has 0 aliphatic rings. The van der Waals surface area contributed by atoms with E-state index < -0.39 is 0 Å². The second-order valence-corrected chi connectivity index (χ2v) is 5.99. The summed E-state index contributed by atoms with van der Waals surface area (Å²) in [6, 6.07) is 14.5. The van der Waals surface area contributed by atoms with Crippen LogP contribution in [0.4, 0.5) is 5.69 Å². The number of halogens is 2. The lowest BCUT2D eigenvalue weighted by molar-refractivity contribution is -0.385. The van der Waals surface area contributed by atoms with E-state index in [1.54, 1.807) is 12.1 Å². The second kappa shape index (κ2) is 6.86. The molecule has 0 heterocycles. The van der Waals surface area contributed by atoms with Gasteiger partial charge in [-0.15, -0.1) is 0 Å². The molecule has 1 unspecified atom stereocenters. The zero-order valence-electron chi connectivity index (χ0n) is 10.6. The van der Waals surface area contributed by atoms with E-state index in [4.69, 9.17) is 11.6 Å². The van der Waals surface area contributed by atoms with Gasteiger partial charge in [0, 0.05) is 21.5 Å². The highest BCUT2D eigenvalue weighted by Gasteiger charge is 2.14. The first kappa shape index (κ1) is 15.0. The number of aryl methyl sites for hydroxylation is 1. The molecule has 0 saturated heterocycles. The molecule has 2 aromatic carbocycles. The number of nitro benzene ring substituents is 1. The Labute approximate surface area is 130 Å². The van der Waals surface area contributed by atoms with Crippen molar-refractivity contribution in [1.82, 2.24) is 0 Å². The number of benzene rings is 2. The fraction of sp³-hybridized carbons (Fsp3) is 0.200. The largest absolute Gasteiger partial charge is 0.272 e. The highest BCUT2D eigenvalue weighted by Crippen LogP contribution is 2.31. The molecule has 3 nitrogen and oxygen atoms in total. The third-order valence-electron chi connectivity index (χ3n) is 3.07. The molecule has 2 rings (SSSR count). The van der Waals surface area contributed by atoms with Crippen LogP contribution in [0.3, 0.4) is 0 Å². The molecule has 0 fully saturated rings. The Kier molecular flexibility index (Phi) is 5.15. The highest BCUT2D eigenvalue weighted by atomic mass is 79.9. The van der Waals surface area contributed by atoms with Gasteiger partial charge in [-0.3, -0.25) is 10.1 Å². The summed E-state index contributed by atoms with van der Waals surface area (Å²) >= 11 is 9.57. The summed E-state index contributed by atoms with van der Waals surface area (Å²) in [6.45, 7) is 0. The number of nitro groups is 1. The first-order valence-corrected chi connectivity index (χ1v) is 7.49.